The van der Waals surface area contributed by atoms with E-state index >= 15 is 0 Å². The van der Waals surface area contributed by atoms with Gasteiger partial charge in [0.1, 0.15) is 6.04 Å². The smallest absolute Gasteiger partial charge is 0.251 e. The first-order valence-electron chi connectivity index (χ1n) is 15.6. The van der Waals surface area contributed by atoms with Crippen LogP contribution in [0.2, 0.25) is 0 Å². The molecule has 47 heavy (non-hydrogen) atoms. The second-order valence-electron chi connectivity index (χ2n) is 13.1. The van der Waals surface area contributed by atoms with Gasteiger partial charge in [0.2, 0.25) is 21.8 Å². The Kier molecular flexibility index (Phi) is 13.1. The number of amides is 3. The molecule has 6 N–H and O–H groups in total. The molecule has 0 aliphatic heterocycles. The standard InChI is InChI=1S/C35H47N5O6S/c1-24(2)22-40(47(45,46)28-18-16-27(36)17-19-28)23-30(41)29(20-25-12-8-6-9-13-25)38-34(44)32(35(3,4)5)39-31(42)21-37-33(43)26-14-10-7-11-15-26/h6-19,24,29-30,32,41H,20-23,36H2,1-5H3,(H,37,43)(H,38,44)(H,39,42)/t29-,30+,32+/m0/s1. The molecule has 12 heteroatoms. The number of nitrogens with two attached hydrogens (primary N) is 1. The Bertz CT molecular complexity index is 1580. The number of sulfonamides is 1. The van der Waals surface area contributed by atoms with Gasteiger partial charge in [-0.05, 0) is 59.7 Å². The van der Waals surface area contributed by atoms with Crippen molar-refractivity contribution in [2.45, 2.75) is 64.1 Å². The lowest BCUT2D eigenvalue weighted by molar-refractivity contribution is -0.132. The van der Waals surface area contributed by atoms with Gasteiger partial charge in [-0.25, -0.2) is 8.42 Å². The molecule has 0 aromatic heterocycles. The van der Waals surface area contributed by atoms with Crippen LogP contribution in [-0.4, -0.2) is 73.4 Å². The van der Waals surface area contributed by atoms with Gasteiger partial charge in [0.05, 0.1) is 23.6 Å². The van der Waals surface area contributed by atoms with Crippen LogP contribution in [0.5, 0.6) is 0 Å². The Labute approximate surface area is 278 Å². The van der Waals surface area contributed by atoms with Crippen molar-refractivity contribution < 1.29 is 27.9 Å². The highest BCUT2D eigenvalue weighted by Crippen LogP contribution is 2.22. The Hall–Kier alpha value is -4.26. The summed E-state index contributed by atoms with van der Waals surface area (Å²) in [4.78, 5) is 39.2. The number of hydrogen-bond acceptors (Lipinski definition) is 7. The first kappa shape index (κ1) is 37.2. The van der Waals surface area contributed by atoms with E-state index in [2.05, 4.69) is 16.0 Å². The van der Waals surface area contributed by atoms with Crippen LogP contribution < -0.4 is 21.7 Å². The average molecular weight is 666 g/mol. The molecule has 3 rings (SSSR count). The largest absolute Gasteiger partial charge is 0.399 e. The molecule has 3 atom stereocenters. The highest BCUT2D eigenvalue weighted by Gasteiger charge is 2.36. The third kappa shape index (κ3) is 11.2. The molecule has 0 spiro atoms. The predicted octanol–water partition coefficient (Wildman–Crippen LogP) is 2.96. The summed E-state index contributed by atoms with van der Waals surface area (Å²) in [5.41, 5.74) is 6.65. The summed E-state index contributed by atoms with van der Waals surface area (Å²) in [6.07, 6.45) is -1.12. The number of benzene rings is 3. The summed E-state index contributed by atoms with van der Waals surface area (Å²) in [6, 6.07) is 21.6. The van der Waals surface area contributed by atoms with Crippen molar-refractivity contribution in [3.63, 3.8) is 0 Å². The lowest BCUT2D eigenvalue weighted by Gasteiger charge is -2.34. The van der Waals surface area contributed by atoms with Crippen LogP contribution in [0, 0.1) is 11.3 Å². The fourth-order valence-corrected chi connectivity index (χ4v) is 6.58. The number of aliphatic hydroxyl groups is 1. The zero-order valence-electron chi connectivity index (χ0n) is 27.6. The Balaban J connectivity index is 1.82. The minimum atomic E-state index is -4.02. The van der Waals surface area contributed by atoms with Crippen LogP contribution in [0.1, 0.15) is 50.5 Å². The summed E-state index contributed by atoms with van der Waals surface area (Å²) in [6.45, 7) is 8.59. The van der Waals surface area contributed by atoms with E-state index in [1.807, 2.05) is 44.2 Å². The minimum Gasteiger partial charge on any atom is -0.399 e. The topological polar surface area (TPSA) is 171 Å². The van der Waals surface area contributed by atoms with Gasteiger partial charge in [-0.15, -0.1) is 0 Å². The normalized spacial score (nSPS) is 13.9. The second-order valence-corrected chi connectivity index (χ2v) is 15.0. The highest BCUT2D eigenvalue weighted by atomic mass is 32.2. The predicted molar refractivity (Wildman–Crippen MR) is 183 cm³/mol. The van der Waals surface area contributed by atoms with E-state index in [-0.39, 0.29) is 36.9 Å². The van der Waals surface area contributed by atoms with Gasteiger partial charge in [-0.2, -0.15) is 4.31 Å². The summed E-state index contributed by atoms with van der Waals surface area (Å²) in [7, 11) is -4.02. The third-order valence-electron chi connectivity index (χ3n) is 7.45. The molecule has 0 saturated carbocycles. The van der Waals surface area contributed by atoms with E-state index in [1.165, 1.54) is 28.6 Å². The first-order chi connectivity index (χ1) is 22.1. The number of aliphatic hydroxyl groups excluding tert-OH is 1. The van der Waals surface area contributed by atoms with Crippen molar-refractivity contribution >= 4 is 33.4 Å². The Morgan fingerprint density at radius 1 is 0.851 bits per heavy atom. The van der Waals surface area contributed by atoms with E-state index in [1.54, 1.807) is 51.1 Å². The quantitative estimate of drug-likeness (QED) is 0.155. The average Bonchev–Trinajstić information content (AvgIpc) is 3.02. The van der Waals surface area contributed by atoms with Gasteiger partial charge in [-0.3, -0.25) is 14.4 Å². The van der Waals surface area contributed by atoms with E-state index in [4.69, 9.17) is 5.73 Å². The monoisotopic (exact) mass is 665 g/mol. The highest BCUT2D eigenvalue weighted by molar-refractivity contribution is 7.89. The van der Waals surface area contributed by atoms with Crippen molar-refractivity contribution in [2.75, 3.05) is 25.4 Å². The van der Waals surface area contributed by atoms with Crippen molar-refractivity contribution in [3.8, 4) is 0 Å². The molecule has 0 aliphatic rings. The SMILES string of the molecule is CC(C)CN(C[C@@H](O)[C@H](Cc1ccccc1)NC(=O)[C@@H](NC(=O)CNC(=O)c1ccccc1)C(C)(C)C)S(=O)(=O)c1ccc(N)cc1. The number of nitrogens with zero attached hydrogens (tertiary/aromatic N) is 1. The number of nitrogens with one attached hydrogen (secondary N) is 3. The number of nitrogen functional groups attached to an aromatic ring is 1. The van der Waals surface area contributed by atoms with Crippen LogP contribution in [0.4, 0.5) is 5.69 Å². The molecule has 11 nitrogen and oxygen atoms in total. The van der Waals surface area contributed by atoms with Gasteiger partial charge in [0.25, 0.3) is 5.91 Å². The fourth-order valence-electron chi connectivity index (χ4n) is 4.96. The molecule has 0 heterocycles. The molecular weight excluding hydrogens is 618 g/mol. The van der Waals surface area contributed by atoms with Gasteiger partial charge < -0.3 is 26.8 Å². The van der Waals surface area contributed by atoms with Crippen molar-refractivity contribution in [2.24, 2.45) is 11.3 Å². The minimum absolute atomic E-state index is 0.0399. The molecule has 0 bridgehead atoms. The Morgan fingerprint density at radius 3 is 1.98 bits per heavy atom. The summed E-state index contributed by atoms with van der Waals surface area (Å²) >= 11 is 0. The number of carbonyl (C=O) groups is 3. The van der Waals surface area contributed by atoms with Crippen LogP contribution in [0.3, 0.4) is 0 Å². The molecule has 3 aromatic carbocycles. The summed E-state index contributed by atoms with van der Waals surface area (Å²) in [5.74, 6) is -1.61. The van der Waals surface area contributed by atoms with Gasteiger partial charge in [0.15, 0.2) is 0 Å². The van der Waals surface area contributed by atoms with Crippen LogP contribution in [0.25, 0.3) is 0 Å². The zero-order valence-corrected chi connectivity index (χ0v) is 28.5. The summed E-state index contributed by atoms with van der Waals surface area (Å²) < 4.78 is 28.6. The molecule has 0 aliphatic carbocycles. The number of rotatable bonds is 15. The lowest BCUT2D eigenvalue weighted by atomic mass is 9.85. The van der Waals surface area contributed by atoms with Crippen molar-refractivity contribution in [1.82, 2.24) is 20.3 Å². The first-order valence-corrected chi connectivity index (χ1v) is 17.0. The van der Waals surface area contributed by atoms with E-state index in [9.17, 15) is 27.9 Å². The number of anilines is 1. The lowest BCUT2D eigenvalue weighted by Crippen LogP contribution is -2.59. The van der Waals surface area contributed by atoms with E-state index < -0.39 is 51.3 Å². The van der Waals surface area contributed by atoms with Crippen LogP contribution >= 0.6 is 0 Å². The van der Waals surface area contributed by atoms with Crippen LogP contribution in [-0.2, 0) is 26.0 Å². The maximum Gasteiger partial charge on any atom is 0.251 e. The van der Waals surface area contributed by atoms with Gasteiger partial charge >= 0.3 is 0 Å². The third-order valence-corrected chi connectivity index (χ3v) is 9.29. The number of hydrogen-bond donors (Lipinski definition) is 5. The second kappa shape index (κ2) is 16.5. The molecule has 3 amide bonds. The summed E-state index contributed by atoms with van der Waals surface area (Å²) in [5, 5.41) is 19.8. The van der Waals surface area contributed by atoms with Crippen molar-refractivity contribution in [3.05, 3.63) is 96.1 Å². The van der Waals surface area contributed by atoms with Crippen LogP contribution in [0.15, 0.2) is 89.8 Å². The molecule has 0 unspecified atom stereocenters. The van der Waals surface area contributed by atoms with Gasteiger partial charge in [0, 0.05) is 24.3 Å². The maximum absolute atomic E-state index is 13.8. The Morgan fingerprint density at radius 2 is 1.43 bits per heavy atom. The molecule has 0 saturated heterocycles. The van der Waals surface area contributed by atoms with E-state index in [0.717, 1.165) is 5.56 Å². The zero-order chi connectivity index (χ0) is 34.8. The number of carbonyl (C=O) groups excluding carboxylic acids is 3. The van der Waals surface area contributed by atoms with Gasteiger partial charge in [-0.1, -0.05) is 83.1 Å². The maximum atomic E-state index is 13.8. The molecular formula is C35H47N5O6S. The molecule has 254 valence electrons. The molecule has 3 aromatic rings. The molecule has 0 radical (unpaired) electrons. The van der Waals surface area contributed by atoms with Crippen molar-refractivity contribution in [1.29, 1.82) is 0 Å². The molecule has 0 fully saturated rings. The fraction of sp³-hybridized carbons (Fsp3) is 0.400. The van der Waals surface area contributed by atoms with E-state index in [0.29, 0.717) is 11.3 Å².